The molecule has 20 heteroatoms. The Morgan fingerprint density at radius 3 is 1.58 bits per heavy atom. The van der Waals surface area contributed by atoms with Crippen LogP contribution in [0.4, 0.5) is 0 Å². The molecule has 0 aromatic heterocycles. The van der Waals surface area contributed by atoms with Gasteiger partial charge in [0.1, 0.15) is 67.6 Å². The normalized spacial score (nSPS) is 32.2. The molecule has 4 unspecified atom stereocenters. The number of ether oxygens (including phenoxy) is 7. The molecular weight excluding hydrogens is 884 g/mol. The van der Waals surface area contributed by atoms with E-state index in [-0.39, 0.29) is 18.9 Å². The van der Waals surface area contributed by atoms with Crippen molar-refractivity contribution in [2.24, 2.45) is 5.92 Å². The van der Waals surface area contributed by atoms with Crippen molar-refractivity contribution >= 4 is 11.9 Å². The zero-order valence-corrected chi connectivity index (χ0v) is 40.0. The van der Waals surface area contributed by atoms with Gasteiger partial charge in [0.25, 0.3) is 0 Å². The lowest BCUT2D eigenvalue weighted by Crippen LogP contribution is -2.64. The molecule has 0 bridgehead atoms. The van der Waals surface area contributed by atoms with E-state index in [0.717, 1.165) is 89.9 Å². The van der Waals surface area contributed by atoms with Crippen LogP contribution in [-0.2, 0) is 42.7 Å². The zero-order chi connectivity index (χ0) is 49.5. The zero-order valence-electron chi connectivity index (χ0n) is 40.0. The molecule has 17 atom stereocenters. The third-order valence-corrected chi connectivity index (χ3v) is 12.8. The molecule has 394 valence electrons. The molecule has 0 radical (unpaired) electrons. The van der Waals surface area contributed by atoms with E-state index in [0.29, 0.717) is 38.5 Å². The molecule has 3 saturated heterocycles. The molecule has 3 aliphatic rings. The van der Waals surface area contributed by atoms with Crippen LogP contribution in [0.1, 0.15) is 156 Å². The number of aliphatic hydroxyl groups excluding tert-OH is 10. The van der Waals surface area contributed by atoms with Crippen LogP contribution in [-0.4, -0.2) is 192 Å². The average Bonchev–Trinajstić information content (AvgIpc) is 3.29. The standard InChI is InChI=1S/C47H86O20/c1-4-5-19-29(20-18-23-31(49)30(48)21-16-14-12-10-8-6-7-9-11-13-15-17-22-32(50)44(59)60)64-46-42(37(54)33(51)25-62-46)67-47-43(38(55)34(52)26-63-47)66-45-41(58)40(57)39(56)35(65-45)27-61-36(53)24-28(2)3/h28-35,37-43,45-52,54-58H,4-27H2,1-3H3,(H,59,60)/t29?,30?,31?,32?,33-,34-,35-,37+,38+,39-,40+,41-,42-,43-,45+,46+,47+/m1/s1. The van der Waals surface area contributed by atoms with Crippen LogP contribution < -0.4 is 0 Å². The molecule has 11 N–H and O–H groups in total. The van der Waals surface area contributed by atoms with E-state index in [4.69, 9.17) is 38.3 Å². The smallest absolute Gasteiger partial charge is 0.332 e. The summed E-state index contributed by atoms with van der Waals surface area (Å²) in [6, 6.07) is 0. The number of hydrogen-bond acceptors (Lipinski definition) is 19. The van der Waals surface area contributed by atoms with Crippen LogP contribution in [0.25, 0.3) is 0 Å². The first-order valence-electron chi connectivity index (χ1n) is 25.0. The molecule has 3 rings (SSSR count). The van der Waals surface area contributed by atoms with Gasteiger partial charge in [0.2, 0.25) is 0 Å². The quantitative estimate of drug-likeness (QED) is 0.0323. The first-order valence-corrected chi connectivity index (χ1v) is 25.0. The fraction of sp³-hybridized carbons (Fsp3) is 0.957. The number of carbonyl (C=O) groups excluding carboxylic acids is 1. The molecule has 3 aliphatic heterocycles. The van der Waals surface area contributed by atoms with Crippen molar-refractivity contribution in [3.63, 3.8) is 0 Å². The van der Waals surface area contributed by atoms with Gasteiger partial charge in [0.15, 0.2) is 25.0 Å². The van der Waals surface area contributed by atoms with Crippen LogP contribution in [0.3, 0.4) is 0 Å². The molecule has 0 aliphatic carbocycles. The predicted octanol–water partition coefficient (Wildman–Crippen LogP) is 1.68. The number of carboxylic acid groups (broad SMARTS) is 1. The van der Waals surface area contributed by atoms with Gasteiger partial charge in [-0.3, -0.25) is 4.79 Å². The van der Waals surface area contributed by atoms with Gasteiger partial charge in [-0.2, -0.15) is 0 Å². The second-order valence-electron chi connectivity index (χ2n) is 19.2. The van der Waals surface area contributed by atoms with E-state index in [1.165, 1.54) is 0 Å². The molecule has 20 nitrogen and oxygen atoms in total. The Balaban J connectivity index is 1.48. The second-order valence-corrected chi connectivity index (χ2v) is 19.2. The van der Waals surface area contributed by atoms with Gasteiger partial charge >= 0.3 is 11.9 Å². The number of carboxylic acids is 1. The minimum atomic E-state index is -1.88. The average molecular weight is 971 g/mol. The number of esters is 1. The SMILES string of the molecule is CCCCC(CCCC(O)C(O)CCCCCCCCCCCCCCC(O)C(=O)O)O[C@@H]1OC[C@@H](O)[C@H](O)[C@H]1O[C@@H]1OC[C@@H](O)[C@H](O)[C@H]1O[C@@H]1O[C@H](COC(=O)CC(C)C)[C@@H](O)[C@H](O)[C@H]1O. The minimum Gasteiger partial charge on any atom is -0.479 e. The van der Waals surface area contributed by atoms with E-state index in [9.17, 15) is 60.7 Å². The molecule has 3 fully saturated rings. The van der Waals surface area contributed by atoms with Crippen molar-refractivity contribution < 1.29 is 98.9 Å². The lowest BCUT2D eigenvalue weighted by atomic mass is 9.98. The largest absolute Gasteiger partial charge is 0.479 e. The Labute approximate surface area is 395 Å². The molecule has 0 spiro atoms. The number of rotatable bonds is 34. The van der Waals surface area contributed by atoms with Crippen molar-refractivity contribution in [1.29, 1.82) is 0 Å². The number of unbranched alkanes of at least 4 members (excludes halogenated alkanes) is 12. The van der Waals surface area contributed by atoms with Crippen molar-refractivity contribution in [2.45, 2.75) is 260 Å². The Hall–Kier alpha value is -1.70. The fourth-order valence-electron chi connectivity index (χ4n) is 8.52. The van der Waals surface area contributed by atoms with Crippen molar-refractivity contribution in [2.75, 3.05) is 19.8 Å². The Kier molecular flexibility index (Phi) is 28.7. The van der Waals surface area contributed by atoms with E-state index in [2.05, 4.69) is 0 Å². The number of carbonyl (C=O) groups is 2. The molecule has 0 aromatic rings. The van der Waals surface area contributed by atoms with Gasteiger partial charge < -0.3 is 89.3 Å². The van der Waals surface area contributed by atoms with E-state index < -0.39 is 129 Å². The van der Waals surface area contributed by atoms with Crippen LogP contribution >= 0.6 is 0 Å². The highest BCUT2D eigenvalue weighted by Crippen LogP contribution is 2.32. The maximum absolute atomic E-state index is 12.2. The molecular formula is C47H86O20. The topological polar surface area (TPSA) is 321 Å². The van der Waals surface area contributed by atoms with Crippen LogP contribution in [0.2, 0.25) is 0 Å². The van der Waals surface area contributed by atoms with Gasteiger partial charge in [-0.1, -0.05) is 111 Å². The van der Waals surface area contributed by atoms with Gasteiger partial charge in [-0.05, 0) is 44.4 Å². The maximum Gasteiger partial charge on any atom is 0.332 e. The van der Waals surface area contributed by atoms with Gasteiger partial charge in [-0.15, -0.1) is 0 Å². The molecule has 0 saturated carbocycles. The van der Waals surface area contributed by atoms with Crippen LogP contribution in [0.15, 0.2) is 0 Å². The Morgan fingerprint density at radius 2 is 1.04 bits per heavy atom. The monoisotopic (exact) mass is 971 g/mol. The summed E-state index contributed by atoms with van der Waals surface area (Å²) in [6.45, 7) is 4.40. The molecule has 67 heavy (non-hydrogen) atoms. The minimum absolute atomic E-state index is 0.0120. The summed E-state index contributed by atoms with van der Waals surface area (Å²) >= 11 is 0. The first-order chi connectivity index (χ1) is 31.9. The summed E-state index contributed by atoms with van der Waals surface area (Å²) in [4.78, 5) is 22.9. The summed E-state index contributed by atoms with van der Waals surface area (Å²) in [5.74, 6) is -1.75. The highest BCUT2D eigenvalue weighted by atomic mass is 16.8. The molecule has 3 heterocycles. The third-order valence-electron chi connectivity index (χ3n) is 12.8. The summed E-state index contributed by atoms with van der Waals surface area (Å²) in [5.41, 5.74) is 0. The first kappa shape index (κ1) is 59.6. The van der Waals surface area contributed by atoms with Gasteiger partial charge in [-0.25, -0.2) is 4.79 Å². The van der Waals surface area contributed by atoms with Crippen molar-refractivity contribution in [3.05, 3.63) is 0 Å². The fourth-order valence-corrected chi connectivity index (χ4v) is 8.52. The van der Waals surface area contributed by atoms with E-state index in [1.54, 1.807) is 0 Å². The number of aliphatic hydroxyl groups is 10. The number of aliphatic carboxylic acids is 1. The summed E-state index contributed by atoms with van der Waals surface area (Å²) < 4.78 is 40.8. The second kappa shape index (κ2) is 32.3. The van der Waals surface area contributed by atoms with Crippen LogP contribution in [0, 0.1) is 5.92 Å². The Morgan fingerprint density at radius 1 is 0.567 bits per heavy atom. The predicted molar refractivity (Wildman–Crippen MR) is 239 cm³/mol. The molecule has 0 amide bonds. The highest BCUT2D eigenvalue weighted by molar-refractivity contribution is 5.71. The van der Waals surface area contributed by atoms with E-state index in [1.807, 2.05) is 20.8 Å². The Bertz CT molecular complexity index is 1330. The third kappa shape index (κ3) is 21.3. The van der Waals surface area contributed by atoms with Crippen molar-refractivity contribution in [3.8, 4) is 0 Å². The summed E-state index contributed by atoms with van der Waals surface area (Å²) in [5, 5.41) is 115. The van der Waals surface area contributed by atoms with Crippen molar-refractivity contribution in [1.82, 2.24) is 0 Å². The summed E-state index contributed by atoms with van der Waals surface area (Å²) in [6.07, 6.45) is -7.52. The van der Waals surface area contributed by atoms with Gasteiger partial charge in [0, 0.05) is 6.42 Å². The lowest BCUT2D eigenvalue weighted by molar-refractivity contribution is -0.380. The lowest BCUT2D eigenvalue weighted by Gasteiger charge is -2.46. The highest BCUT2D eigenvalue weighted by Gasteiger charge is 2.51. The van der Waals surface area contributed by atoms with Crippen LogP contribution in [0.5, 0.6) is 0 Å². The van der Waals surface area contributed by atoms with Gasteiger partial charge in [0.05, 0.1) is 31.5 Å². The van der Waals surface area contributed by atoms with E-state index >= 15 is 0 Å². The summed E-state index contributed by atoms with van der Waals surface area (Å²) in [7, 11) is 0. The number of hydrogen-bond donors (Lipinski definition) is 11. The maximum atomic E-state index is 12.2. The molecule has 0 aromatic carbocycles.